The Bertz CT molecular complexity index is 696. The van der Waals surface area contributed by atoms with Crippen LogP contribution >= 0.6 is 15.9 Å². The molecule has 0 saturated carbocycles. The van der Waals surface area contributed by atoms with Crippen molar-refractivity contribution in [2.24, 2.45) is 0 Å². The molecule has 0 N–H and O–H groups in total. The Morgan fingerprint density at radius 3 is 2.48 bits per heavy atom. The summed E-state index contributed by atoms with van der Waals surface area (Å²) < 4.78 is 41.6. The second-order valence-electron chi connectivity index (χ2n) is 4.27. The minimum Gasteiger partial charge on any atom is -0.406 e. The highest BCUT2D eigenvalue weighted by atomic mass is 79.9. The van der Waals surface area contributed by atoms with Gasteiger partial charge in [-0.15, -0.1) is 13.2 Å². The lowest BCUT2D eigenvalue weighted by Gasteiger charge is -2.10. The maximum Gasteiger partial charge on any atom is 0.573 e. The summed E-state index contributed by atoms with van der Waals surface area (Å²) in [4.78, 5) is 16.0. The molecular formula is C13H10BrF3N2O2. The number of aryl methyl sites for hydroxylation is 1. The molecular weight excluding hydrogens is 353 g/mol. The lowest BCUT2D eigenvalue weighted by molar-refractivity contribution is -0.274. The Labute approximate surface area is 126 Å². The largest absolute Gasteiger partial charge is 0.573 e. The molecule has 1 aromatic carbocycles. The van der Waals surface area contributed by atoms with Crippen molar-refractivity contribution in [2.75, 3.05) is 0 Å². The van der Waals surface area contributed by atoms with E-state index in [-0.39, 0.29) is 17.9 Å². The molecule has 2 aromatic rings. The zero-order valence-electron chi connectivity index (χ0n) is 10.8. The zero-order valence-corrected chi connectivity index (χ0v) is 12.4. The topological polar surface area (TPSA) is 44.1 Å². The average Bonchev–Trinajstić information content (AvgIpc) is 2.40. The second-order valence-corrected chi connectivity index (χ2v) is 5.06. The molecule has 2 rings (SSSR count). The summed E-state index contributed by atoms with van der Waals surface area (Å²) in [6, 6.07) is 5.32. The van der Waals surface area contributed by atoms with Gasteiger partial charge in [0.15, 0.2) is 0 Å². The van der Waals surface area contributed by atoms with Crippen molar-refractivity contribution in [1.29, 1.82) is 0 Å². The Hall–Kier alpha value is -1.83. The second kappa shape index (κ2) is 5.88. The number of ether oxygens (including phenoxy) is 1. The van der Waals surface area contributed by atoms with Crippen molar-refractivity contribution >= 4 is 15.9 Å². The first-order valence-electron chi connectivity index (χ1n) is 5.82. The van der Waals surface area contributed by atoms with Crippen molar-refractivity contribution in [3.8, 4) is 5.75 Å². The van der Waals surface area contributed by atoms with Gasteiger partial charge in [-0.2, -0.15) is 0 Å². The van der Waals surface area contributed by atoms with E-state index in [1.54, 1.807) is 6.92 Å². The van der Waals surface area contributed by atoms with Crippen molar-refractivity contribution in [3.05, 3.63) is 56.7 Å². The number of hydrogen-bond donors (Lipinski definition) is 0. The molecule has 0 atom stereocenters. The first kappa shape index (κ1) is 15.6. The molecule has 8 heteroatoms. The summed E-state index contributed by atoms with van der Waals surface area (Å²) in [5.41, 5.74) is 0.979. The minimum atomic E-state index is -4.72. The molecule has 0 aliphatic heterocycles. The Morgan fingerprint density at radius 2 is 1.90 bits per heavy atom. The highest BCUT2D eigenvalue weighted by Crippen LogP contribution is 2.22. The predicted octanol–water partition coefficient (Wildman–Crippen LogP) is 3.26. The number of aromatic nitrogens is 2. The third-order valence-electron chi connectivity index (χ3n) is 2.67. The zero-order chi connectivity index (χ0) is 15.6. The Balaban J connectivity index is 2.18. The van der Waals surface area contributed by atoms with Gasteiger partial charge in [-0.3, -0.25) is 9.36 Å². The van der Waals surface area contributed by atoms with Gasteiger partial charge in [0.05, 0.1) is 18.6 Å². The molecule has 0 radical (unpaired) electrons. The van der Waals surface area contributed by atoms with Crippen LogP contribution in [0.1, 0.15) is 11.3 Å². The molecule has 0 saturated heterocycles. The van der Waals surface area contributed by atoms with Crippen molar-refractivity contribution in [3.63, 3.8) is 0 Å². The molecule has 4 nitrogen and oxygen atoms in total. The van der Waals surface area contributed by atoms with Crippen molar-refractivity contribution in [1.82, 2.24) is 9.55 Å². The number of rotatable bonds is 3. The van der Waals surface area contributed by atoms with E-state index in [1.807, 2.05) is 0 Å². The maximum atomic E-state index is 12.0. The Morgan fingerprint density at radius 1 is 1.29 bits per heavy atom. The predicted molar refractivity (Wildman–Crippen MR) is 73.2 cm³/mol. The average molecular weight is 363 g/mol. The number of halogens is 4. The summed E-state index contributed by atoms with van der Waals surface area (Å²) in [6.07, 6.45) is -3.33. The van der Waals surface area contributed by atoms with E-state index >= 15 is 0 Å². The Kier molecular flexibility index (Phi) is 4.36. The van der Waals surface area contributed by atoms with E-state index < -0.39 is 6.36 Å². The van der Waals surface area contributed by atoms with Crippen molar-refractivity contribution in [2.45, 2.75) is 19.8 Å². The summed E-state index contributed by atoms with van der Waals surface area (Å²) in [5.74, 6) is -0.304. The lowest BCUT2D eigenvalue weighted by Crippen LogP contribution is -2.22. The monoisotopic (exact) mass is 362 g/mol. The van der Waals surface area contributed by atoms with E-state index in [0.717, 1.165) is 0 Å². The minimum absolute atomic E-state index is 0.205. The molecule has 0 aliphatic carbocycles. The quantitative estimate of drug-likeness (QED) is 0.841. The van der Waals surface area contributed by atoms with Crippen LogP contribution in [0.4, 0.5) is 13.2 Å². The summed E-state index contributed by atoms with van der Waals surface area (Å²) in [5, 5.41) is 0. The van der Waals surface area contributed by atoms with Crippen LogP contribution in [-0.2, 0) is 6.54 Å². The molecule has 112 valence electrons. The van der Waals surface area contributed by atoms with Crippen molar-refractivity contribution < 1.29 is 17.9 Å². The van der Waals surface area contributed by atoms with Gasteiger partial charge >= 0.3 is 6.36 Å². The van der Waals surface area contributed by atoms with Gasteiger partial charge in [-0.1, -0.05) is 12.1 Å². The maximum absolute atomic E-state index is 12.0. The molecule has 0 bridgehead atoms. The summed E-state index contributed by atoms with van der Waals surface area (Å²) in [7, 11) is 0. The fourth-order valence-corrected chi connectivity index (χ4v) is 1.98. The normalized spacial score (nSPS) is 11.5. The SMILES string of the molecule is Cc1ncn(Cc2ccc(OC(F)(F)F)cc2)c(=O)c1Br. The van der Waals surface area contributed by atoms with Crippen LogP contribution in [0.3, 0.4) is 0 Å². The number of benzene rings is 1. The molecule has 0 unspecified atom stereocenters. The van der Waals surface area contributed by atoms with E-state index in [1.165, 1.54) is 35.2 Å². The fourth-order valence-electron chi connectivity index (χ4n) is 1.65. The molecule has 0 spiro atoms. The first-order chi connectivity index (χ1) is 9.76. The molecule has 1 aromatic heterocycles. The molecule has 0 fully saturated rings. The third-order valence-corrected chi connectivity index (χ3v) is 3.58. The highest BCUT2D eigenvalue weighted by Gasteiger charge is 2.30. The van der Waals surface area contributed by atoms with Crippen LogP contribution in [0.2, 0.25) is 0 Å². The first-order valence-corrected chi connectivity index (χ1v) is 6.62. The number of nitrogens with zero attached hydrogens (tertiary/aromatic N) is 2. The van der Waals surface area contributed by atoms with Crippen LogP contribution in [0.15, 0.2) is 39.9 Å². The standard InChI is InChI=1S/C13H10BrF3N2O2/c1-8-11(14)12(20)19(7-18-8)6-9-2-4-10(5-3-9)21-13(15,16)17/h2-5,7H,6H2,1H3. The lowest BCUT2D eigenvalue weighted by atomic mass is 10.2. The summed E-state index contributed by atoms with van der Waals surface area (Å²) in [6.45, 7) is 1.90. The van der Waals surface area contributed by atoms with E-state index in [9.17, 15) is 18.0 Å². The van der Waals surface area contributed by atoms with Gasteiger partial charge in [0.25, 0.3) is 5.56 Å². The molecule has 0 amide bonds. The van der Waals surface area contributed by atoms with Gasteiger partial charge in [0.1, 0.15) is 10.2 Å². The summed E-state index contributed by atoms with van der Waals surface area (Å²) >= 11 is 3.15. The molecule has 21 heavy (non-hydrogen) atoms. The molecule has 1 heterocycles. The van der Waals surface area contributed by atoms with Crippen LogP contribution < -0.4 is 10.3 Å². The van der Waals surface area contributed by atoms with Crippen LogP contribution in [0.25, 0.3) is 0 Å². The number of hydrogen-bond acceptors (Lipinski definition) is 3. The number of alkyl halides is 3. The van der Waals surface area contributed by atoms with Gasteiger partial charge in [0, 0.05) is 0 Å². The third kappa shape index (κ3) is 4.07. The fraction of sp³-hybridized carbons (Fsp3) is 0.231. The van der Waals surface area contributed by atoms with Crippen LogP contribution in [-0.4, -0.2) is 15.9 Å². The highest BCUT2D eigenvalue weighted by molar-refractivity contribution is 9.10. The van der Waals surface area contributed by atoms with E-state index in [0.29, 0.717) is 15.7 Å². The smallest absolute Gasteiger partial charge is 0.406 e. The van der Waals surface area contributed by atoms with Gasteiger partial charge in [-0.25, -0.2) is 4.98 Å². The van der Waals surface area contributed by atoms with Crippen LogP contribution in [0.5, 0.6) is 5.75 Å². The van der Waals surface area contributed by atoms with E-state index in [2.05, 4.69) is 25.7 Å². The van der Waals surface area contributed by atoms with E-state index in [4.69, 9.17) is 0 Å². The van der Waals surface area contributed by atoms with Gasteiger partial charge in [0.2, 0.25) is 0 Å². The van der Waals surface area contributed by atoms with Crippen LogP contribution in [0, 0.1) is 6.92 Å². The molecule has 0 aliphatic rings. The van der Waals surface area contributed by atoms with Gasteiger partial charge < -0.3 is 4.74 Å². The van der Waals surface area contributed by atoms with Gasteiger partial charge in [-0.05, 0) is 40.5 Å².